The topological polar surface area (TPSA) is 37.3 Å². The van der Waals surface area contributed by atoms with Crippen molar-refractivity contribution in [1.82, 2.24) is 0 Å². The number of alkyl halides is 1. The average Bonchev–Trinajstić information content (AvgIpc) is 1.87. The molecule has 0 bridgehead atoms. The van der Waals surface area contributed by atoms with Gasteiger partial charge in [0, 0.05) is 0 Å². The highest BCUT2D eigenvalue weighted by atomic mass is 19.1. The number of carboxylic acids is 1. The molecule has 0 aromatic rings. The smallest absolute Gasteiger partial charge is 0.333 e. The highest BCUT2D eigenvalue weighted by molar-refractivity contribution is 5.86. The Morgan fingerprint density at radius 2 is 2.30 bits per heavy atom. The van der Waals surface area contributed by atoms with Gasteiger partial charge in [-0.2, -0.15) is 0 Å². The van der Waals surface area contributed by atoms with Gasteiger partial charge in [-0.25, -0.2) is 9.18 Å². The summed E-state index contributed by atoms with van der Waals surface area (Å²) in [6.45, 7) is 4.89. The van der Waals surface area contributed by atoms with Gasteiger partial charge in [-0.1, -0.05) is 19.9 Å². The Balaban J connectivity index is 3.82. The number of carboxylic acid groups (broad SMARTS) is 1. The van der Waals surface area contributed by atoms with Crippen LogP contribution >= 0.6 is 0 Å². The van der Waals surface area contributed by atoms with Crippen molar-refractivity contribution in [3.8, 4) is 0 Å². The molecule has 0 saturated carbocycles. The van der Waals surface area contributed by atoms with Gasteiger partial charge in [0.1, 0.15) is 6.17 Å². The summed E-state index contributed by atoms with van der Waals surface area (Å²) in [5, 5.41) is 8.24. The molecule has 0 aliphatic carbocycles. The van der Waals surface area contributed by atoms with Crippen molar-refractivity contribution in [2.45, 2.75) is 25.9 Å². The SMILES string of the molecule is C=C(C(=O)O)C(F)CCC. The highest BCUT2D eigenvalue weighted by Crippen LogP contribution is 2.10. The Hall–Kier alpha value is -0.860. The maximum atomic E-state index is 12.6. The summed E-state index contributed by atoms with van der Waals surface area (Å²) in [6, 6.07) is 0. The van der Waals surface area contributed by atoms with E-state index in [2.05, 4.69) is 6.58 Å². The van der Waals surface area contributed by atoms with Crippen LogP contribution in [0.3, 0.4) is 0 Å². The molecule has 1 N–H and O–H groups in total. The van der Waals surface area contributed by atoms with Crippen LogP contribution in [0, 0.1) is 0 Å². The molecule has 1 atom stereocenters. The third-order valence-electron chi connectivity index (χ3n) is 1.19. The van der Waals surface area contributed by atoms with Crippen molar-refractivity contribution < 1.29 is 14.3 Å². The zero-order valence-corrected chi connectivity index (χ0v) is 5.93. The zero-order chi connectivity index (χ0) is 8.15. The summed E-state index contributed by atoms with van der Waals surface area (Å²) >= 11 is 0. The van der Waals surface area contributed by atoms with Crippen molar-refractivity contribution in [1.29, 1.82) is 0 Å². The number of carbonyl (C=O) groups is 1. The molecule has 3 heteroatoms. The van der Waals surface area contributed by atoms with Crippen molar-refractivity contribution >= 4 is 5.97 Å². The van der Waals surface area contributed by atoms with E-state index in [-0.39, 0.29) is 12.0 Å². The molecule has 0 aliphatic rings. The first kappa shape index (κ1) is 9.14. The first-order chi connectivity index (χ1) is 4.59. The molecule has 10 heavy (non-hydrogen) atoms. The van der Waals surface area contributed by atoms with Crippen LogP contribution in [0.25, 0.3) is 0 Å². The summed E-state index contributed by atoms with van der Waals surface area (Å²) in [4.78, 5) is 10.1. The van der Waals surface area contributed by atoms with Gasteiger partial charge >= 0.3 is 5.97 Å². The minimum Gasteiger partial charge on any atom is -0.478 e. The molecule has 1 unspecified atom stereocenters. The van der Waals surface area contributed by atoms with Gasteiger partial charge in [0.15, 0.2) is 0 Å². The fourth-order valence-corrected chi connectivity index (χ4v) is 0.562. The summed E-state index contributed by atoms with van der Waals surface area (Å²) < 4.78 is 12.6. The lowest BCUT2D eigenvalue weighted by Gasteiger charge is -2.04. The zero-order valence-electron chi connectivity index (χ0n) is 5.93. The molecule has 0 fully saturated rings. The molecule has 58 valence electrons. The van der Waals surface area contributed by atoms with Crippen molar-refractivity contribution in [2.24, 2.45) is 0 Å². The predicted octanol–water partition coefficient (Wildman–Crippen LogP) is 1.77. The van der Waals surface area contributed by atoms with Crippen LogP contribution in [0.2, 0.25) is 0 Å². The van der Waals surface area contributed by atoms with Crippen LogP contribution in [-0.2, 0) is 4.79 Å². The second-order valence-electron chi connectivity index (χ2n) is 2.09. The lowest BCUT2D eigenvalue weighted by atomic mass is 10.1. The van der Waals surface area contributed by atoms with Crippen molar-refractivity contribution in [3.63, 3.8) is 0 Å². The van der Waals surface area contributed by atoms with E-state index in [1.807, 2.05) is 0 Å². The molecule has 0 aromatic heterocycles. The Kier molecular flexibility index (Phi) is 3.69. The lowest BCUT2D eigenvalue weighted by Crippen LogP contribution is -2.11. The van der Waals surface area contributed by atoms with E-state index in [1.54, 1.807) is 6.92 Å². The van der Waals surface area contributed by atoms with Crippen LogP contribution in [0.1, 0.15) is 19.8 Å². The number of halogens is 1. The molecule has 2 nitrogen and oxygen atoms in total. The Morgan fingerprint density at radius 1 is 1.80 bits per heavy atom. The van der Waals surface area contributed by atoms with E-state index >= 15 is 0 Å². The van der Waals surface area contributed by atoms with Crippen LogP contribution in [0.15, 0.2) is 12.2 Å². The number of hydrogen-bond acceptors (Lipinski definition) is 1. The third-order valence-corrected chi connectivity index (χ3v) is 1.19. The molecule has 0 spiro atoms. The number of aliphatic carboxylic acids is 1. The maximum Gasteiger partial charge on any atom is 0.333 e. The van der Waals surface area contributed by atoms with Crippen LogP contribution < -0.4 is 0 Å². The van der Waals surface area contributed by atoms with Crippen molar-refractivity contribution in [2.75, 3.05) is 0 Å². The first-order valence-electron chi connectivity index (χ1n) is 3.15. The van der Waals surface area contributed by atoms with Gasteiger partial charge in [0.05, 0.1) is 5.57 Å². The van der Waals surface area contributed by atoms with E-state index in [1.165, 1.54) is 0 Å². The highest BCUT2D eigenvalue weighted by Gasteiger charge is 2.15. The van der Waals surface area contributed by atoms with E-state index in [0.717, 1.165) is 0 Å². The molecule has 0 aromatic carbocycles. The van der Waals surface area contributed by atoms with Gasteiger partial charge in [0.25, 0.3) is 0 Å². The predicted molar refractivity (Wildman–Crippen MR) is 36.6 cm³/mol. The Bertz CT molecular complexity index is 143. The second-order valence-corrected chi connectivity index (χ2v) is 2.09. The summed E-state index contributed by atoms with van der Waals surface area (Å²) in [5.74, 6) is -1.25. The molecule has 0 amide bonds. The van der Waals surface area contributed by atoms with Gasteiger partial charge in [0.2, 0.25) is 0 Å². The maximum absolute atomic E-state index is 12.6. The molecule has 0 aliphatic heterocycles. The minimum absolute atomic E-state index is 0.241. The number of hydrogen-bond donors (Lipinski definition) is 1. The standard InChI is InChI=1S/C7H11FO2/c1-3-4-6(8)5(2)7(9)10/h6H,2-4H2,1H3,(H,9,10). The number of rotatable bonds is 4. The molecular formula is C7H11FO2. The molecule has 0 saturated heterocycles. The van der Waals surface area contributed by atoms with Gasteiger partial charge in [-0.15, -0.1) is 0 Å². The van der Waals surface area contributed by atoms with E-state index in [0.29, 0.717) is 6.42 Å². The summed E-state index contributed by atoms with van der Waals surface area (Å²) in [6.07, 6.45) is -0.513. The van der Waals surface area contributed by atoms with Crippen LogP contribution in [0.5, 0.6) is 0 Å². The fraction of sp³-hybridized carbons (Fsp3) is 0.571. The minimum atomic E-state index is -1.39. The monoisotopic (exact) mass is 146 g/mol. The van der Waals surface area contributed by atoms with Crippen LogP contribution in [0.4, 0.5) is 4.39 Å². The van der Waals surface area contributed by atoms with Crippen LogP contribution in [-0.4, -0.2) is 17.2 Å². The van der Waals surface area contributed by atoms with Crippen molar-refractivity contribution in [3.05, 3.63) is 12.2 Å². The Labute approximate surface area is 59.4 Å². The fourth-order valence-electron chi connectivity index (χ4n) is 0.562. The molecule has 0 radical (unpaired) electrons. The quantitative estimate of drug-likeness (QED) is 0.613. The second kappa shape index (κ2) is 4.04. The largest absolute Gasteiger partial charge is 0.478 e. The van der Waals surface area contributed by atoms with Gasteiger partial charge in [-0.3, -0.25) is 0 Å². The molecule has 0 heterocycles. The van der Waals surface area contributed by atoms with Gasteiger partial charge < -0.3 is 5.11 Å². The molecular weight excluding hydrogens is 135 g/mol. The third kappa shape index (κ3) is 2.62. The van der Waals surface area contributed by atoms with E-state index < -0.39 is 12.1 Å². The lowest BCUT2D eigenvalue weighted by molar-refractivity contribution is -0.133. The normalized spacial score (nSPS) is 12.6. The van der Waals surface area contributed by atoms with E-state index in [4.69, 9.17) is 5.11 Å². The Morgan fingerprint density at radius 3 is 2.60 bits per heavy atom. The van der Waals surface area contributed by atoms with Gasteiger partial charge in [-0.05, 0) is 6.42 Å². The summed E-state index contributed by atoms with van der Waals surface area (Å²) in [5.41, 5.74) is -0.346. The molecule has 0 rings (SSSR count). The average molecular weight is 146 g/mol. The van der Waals surface area contributed by atoms with E-state index in [9.17, 15) is 9.18 Å². The summed E-state index contributed by atoms with van der Waals surface area (Å²) in [7, 11) is 0. The first-order valence-corrected chi connectivity index (χ1v) is 3.15.